The van der Waals surface area contributed by atoms with Crippen molar-refractivity contribution in [3.05, 3.63) is 42.1 Å². The molecule has 0 radical (unpaired) electrons. The van der Waals surface area contributed by atoms with Crippen LogP contribution in [0.15, 0.2) is 36.4 Å². The van der Waals surface area contributed by atoms with Crippen LogP contribution in [0.3, 0.4) is 0 Å². The number of carbonyl (C=O) groups is 3. The van der Waals surface area contributed by atoms with Gasteiger partial charge in [-0.2, -0.15) is 5.10 Å². The van der Waals surface area contributed by atoms with Crippen molar-refractivity contribution in [2.45, 2.75) is 50.9 Å². The minimum Gasteiger partial charge on any atom is -0.322 e. The van der Waals surface area contributed by atoms with E-state index < -0.39 is 12.2 Å². The van der Waals surface area contributed by atoms with Crippen molar-refractivity contribution in [2.75, 3.05) is 16.8 Å². The zero-order valence-electron chi connectivity index (χ0n) is 17.4. The Bertz CT molecular complexity index is 1020. The average molecular weight is 422 g/mol. The Morgan fingerprint density at radius 3 is 2.65 bits per heavy atom. The maximum absolute atomic E-state index is 13.1. The predicted octanol–water partition coefficient (Wildman–Crippen LogP) is 1.71. The second-order valence-electron chi connectivity index (χ2n) is 8.65. The van der Waals surface area contributed by atoms with Gasteiger partial charge in [0.05, 0.1) is 11.6 Å². The number of nitrogens with one attached hydrogen (secondary N) is 3. The average Bonchev–Trinajstić information content (AvgIpc) is 3.39. The molecular weight excluding hydrogens is 396 g/mol. The lowest BCUT2D eigenvalue weighted by atomic mass is 10.1. The van der Waals surface area contributed by atoms with Crippen LogP contribution in [-0.4, -0.2) is 40.1 Å². The summed E-state index contributed by atoms with van der Waals surface area (Å²) >= 11 is 0. The van der Waals surface area contributed by atoms with E-state index in [1.165, 1.54) is 0 Å². The molecule has 31 heavy (non-hydrogen) atoms. The molecule has 1 aromatic heterocycles. The molecule has 3 atom stereocenters. The van der Waals surface area contributed by atoms with E-state index in [-0.39, 0.29) is 30.2 Å². The number of para-hydroxylation sites is 1. The number of hydrogen-bond acceptors (Lipinski definition) is 5. The summed E-state index contributed by atoms with van der Waals surface area (Å²) in [7, 11) is 0. The molecule has 9 heteroatoms. The number of benzene rings is 1. The van der Waals surface area contributed by atoms with Gasteiger partial charge in [-0.3, -0.25) is 19.7 Å². The summed E-state index contributed by atoms with van der Waals surface area (Å²) in [6, 6.07) is 11.3. The molecular formula is C22H26N6O3. The molecule has 3 N–H and O–H groups in total. The third-order valence-corrected chi connectivity index (χ3v) is 6.04. The first-order valence-electron chi connectivity index (χ1n) is 10.8. The quantitative estimate of drug-likeness (QED) is 0.680. The minimum absolute atomic E-state index is 0.00256. The van der Waals surface area contributed by atoms with E-state index in [0.717, 1.165) is 24.2 Å². The van der Waals surface area contributed by atoms with Crippen LogP contribution in [0, 0.1) is 5.92 Å². The van der Waals surface area contributed by atoms with E-state index >= 15 is 0 Å². The largest absolute Gasteiger partial charge is 0.322 e. The van der Waals surface area contributed by atoms with Crippen LogP contribution in [-0.2, 0) is 14.4 Å². The molecule has 3 fully saturated rings. The molecule has 9 nitrogen and oxygen atoms in total. The molecule has 2 saturated heterocycles. The molecule has 0 spiro atoms. The molecule has 3 aliphatic rings. The SMILES string of the molecule is CC1CC(=O)NC(n2nc(C3CC3)cc2NC(=O)C2CC(=O)N(c3ccccc3)C2)N1. The van der Waals surface area contributed by atoms with Gasteiger partial charge in [-0.15, -0.1) is 0 Å². The van der Waals surface area contributed by atoms with E-state index in [2.05, 4.69) is 21.0 Å². The Hall–Kier alpha value is -3.20. The second kappa shape index (κ2) is 7.81. The maximum Gasteiger partial charge on any atom is 0.230 e. The molecule has 3 unspecified atom stereocenters. The molecule has 3 heterocycles. The van der Waals surface area contributed by atoms with E-state index in [1.807, 2.05) is 43.3 Å². The van der Waals surface area contributed by atoms with Gasteiger partial charge < -0.3 is 15.5 Å². The van der Waals surface area contributed by atoms with Crippen LogP contribution in [0.25, 0.3) is 0 Å². The molecule has 1 aliphatic carbocycles. The Morgan fingerprint density at radius 2 is 1.94 bits per heavy atom. The van der Waals surface area contributed by atoms with Crippen molar-refractivity contribution >= 4 is 29.2 Å². The van der Waals surface area contributed by atoms with Gasteiger partial charge in [-0.25, -0.2) is 4.68 Å². The van der Waals surface area contributed by atoms with Crippen molar-refractivity contribution in [3.63, 3.8) is 0 Å². The van der Waals surface area contributed by atoms with Crippen LogP contribution in [0.4, 0.5) is 11.5 Å². The minimum atomic E-state index is -0.523. The lowest BCUT2D eigenvalue weighted by molar-refractivity contribution is -0.125. The number of amides is 3. The third kappa shape index (κ3) is 4.05. The van der Waals surface area contributed by atoms with Crippen molar-refractivity contribution in [1.29, 1.82) is 0 Å². The highest BCUT2D eigenvalue weighted by atomic mass is 16.2. The summed E-state index contributed by atoms with van der Waals surface area (Å²) in [5, 5.41) is 13.8. The zero-order valence-corrected chi connectivity index (χ0v) is 17.4. The van der Waals surface area contributed by atoms with Crippen LogP contribution in [0.1, 0.15) is 50.5 Å². The van der Waals surface area contributed by atoms with Gasteiger partial charge in [0.1, 0.15) is 5.82 Å². The normalized spacial score (nSPS) is 26.1. The fourth-order valence-corrected chi connectivity index (χ4v) is 4.24. The van der Waals surface area contributed by atoms with Gasteiger partial charge in [-0.05, 0) is 31.9 Å². The van der Waals surface area contributed by atoms with E-state index in [0.29, 0.717) is 24.7 Å². The standard InChI is InChI=1S/C22H26N6O3/c1-13-9-19(29)25-22(23-13)28-18(11-17(26-28)14-7-8-14)24-21(31)15-10-20(30)27(12-15)16-5-3-2-4-6-16/h2-6,11,13-15,22-23H,7-10,12H2,1H3,(H,24,31)(H,25,29). The summed E-state index contributed by atoms with van der Waals surface area (Å²) in [5.41, 5.74) is 1.71. The highest BCUT2D eigenvalue weighted by Gasteiger charge is 2.37. The third-order valence-electron chi connectivity index (χ3n) is 6.04. The van der Waals surface area contributed by atoms with Gasteiger partial charge in [0.2, 0.25) is 17.7 Å². The van der Waals surface area contributed by atoms with Crippen molar-refractivity contribution < 1.29 is 14.4 Å². The maximum atomic E-state index is 13.1. The van der Waals surface area contributed by atoms with Crippen LogP contribution in [0.2, 0.25) is 0 Å². The number of anilines is 2. The van der Waals surface area contributed by atoms with Crippen LogP contribution in [0.5, 0.6) is 0 Å². The van der Waals surface area contributed by atoms with Gasteiger partial charge in [-0.1, -0.05) is 18.2 Å². The first kappa shape index (κ1) is 19.7. The number of hydrogen-bond donors (Lipinski definition) is 3. The van der Waals surface area contributed by atoms with Crippen molar-refractivity contribution in [2.24, 2.45) is 5.92 Å². The van der Waals surface area contributed by atoms with E-state index in [1.54, 1.807) is 9.58 Å². The van der Waals surface area contributed by atoms with Gasteiger partial charge >= 0.3 is 0 Å². The monoisotopic (exact) mass is 422 g/mol. The predicted molar refractivity (Wildman–Crippen MR) is 114 cm³/mol. The van der Waals surface area contributed by atoms with Gasteiger partial charge in [0.15, 0.2) is 6.29 Å². The van der Waals surface area contributed by atoms with Crippen LogP contribution < -0.4 is 20.9 Å². The molecule has 3 amide bonds. The lowest BCUT2D eigenvalue weighted by Gasteiger charge is -2.30. The summed E-state index contributed by atoms with van der Waals surface area (Å²) in [6.45, 7) is 2.28. The van der Waals surface area contributed by atoms with Crippen LogP contribution >= 0.6 is 0 Å². The Kier molecular flexibility index (Phi) is 4.97. The molecule has 162 valence electrons. The first-order chi connectivity index (χ1) is 15.0. The molecule has 0 bridgehead atoms. The summed E-state index contributed by atoms with van der Waals surface area (Å²) in [5.74, 6) is 0.142. The number of aromatic nitrogens is 2. The number of carbonyl (C=O) groups excluding carboxylic acids is 3. The van der Waals surface area contributed by atoms with E-state index in [4.69, 9.17) is 0 Å². The fourth-order valence-electron chi connectivity index (χ4n) is 4.24. The topological polar surface area (TPSA) is 108 Å². The summed E-state index contributed by atoms with van der Waals surface area (Å²) in [6.07, 6.45) is 2.20. The molecule has 5 rings (SSSR count). The Morgan fingerprint density at radius 1 is 1.16 bits per heavy atom. The van der Waals surface area contributed by atoms with Gasteiger partial charge in [0.25, 0.3) is 0 Å². The number of nitrogens with zero attached hydrogens (tertiary/aromatic N) is 3. The second-order valence-corrected chi connectivity index (χ2v) is 8.65. The number of rotatable bonds is 5. The van der Waals surface area contributed by atoms with E-state index in [9.17, 15) is 14.4 Å². The lowest BCUT2D eigenvalue weighted by Crippen LogP contribution is -2.52. The van der Waals surface area contributed by atoms with Crippen molar-refractivity contribution in [1.82, 2.24) is 20.4 Å². The van der Waals surface area contributed by atoms with Crippen molar-refractivity contribution in [3.8, 4) is 0 Å². The first-order valence-corrected chi connectivity index (χ1v) is 10.8. The smallest absolute Gasteiger partial charge is 0.230 e. The molecule has 1 aromatic carbocycles. The highest BCUT2D eigenvalue weighted by Crippen LogP contribution is 2.40. The highest BCUT2D eigenvalue weighted by molar-refractivity contribution is 6.03. The zero-order chi connectivity index (χ0) is 21.5. The molecule has 2 aliphatic heterocycles. The summed E-state index contributed by atoms with van der Waals surface area (Å²) < 4.78 is 1.64. The summed E-state index contributed by atoms with van der Waals surface area (Å²) in [4.78, 5) is 39.2. The Balaban J connectivity index is 1.34. The van der Waals surface area contributed by atoms with Gasteiger partial charge in [0, 0.05) is 43.1 Å². The molecule has 2 aromatic rings. The molecule has 1 saturated carbocycles. The fraction of sp³-hybridized carbons (Fsp3) is 0.455. The Labute approximate surface area is 180 Å².